The number of nitrogens with one attached hydrogen (secondary N) is 1. The Morgan fingerprint density at radius 3 is 2.57 bits per heavy atom. The van der Waals surface area contributed by atoms with Crippen LogP contribution < -0.4 is 16.0 Å². The first-order valence-electron chi connectivity index (χ1n) is 8.57. The number of nitrogens with two attached hydrogens (primary N) is 1. The summed E-state index contributed by atoms with van der Waals surface area (Å²) in [6, 6.07) is 6.01. The third-order valence-corrected chi connectivity index (χ3v) is 4.94. The molecular weight excluding hydrogens is 443 g/mol. The van der Waals surface area contributed by atoms with Gasteiger partial charge >= 0.3 is 0 Å². The molecule has 0 bridgehead atoms. The van der Waals surface area contributed by atoms with Crippen molar-refractivity contribution in [3.63, 3.8) is 0 Å². The number of anilines is 2. The second kappa shape index (κ2) is 13.9. The van der Waals surface area contributed by atoms with Crippen molar-refractivity contribution in [2.75, 3.05) is 42.9 Å². The van der Waals surface area contributed by atoms with Gasteiger partial charge in [0, 0.05) is 50.7 Å². The van der Waals surface area contributed by atoms with Gasteiger partial charge in [-0.15, -0.1) is 48.6 Å². The van der Waals surface area contributed by atoms with E-state index in [0.29, 0.717) is 24.5 Å². The zero-order valence-corrected chi connectivity index (χ0v) is 18.7. The highest BCUT2D eigenvalue weighted by Gasteiger charge is 2.18. The zero-order chi connectivity index (χ0) is 17.5. The smallest absolute Gasteiger partial charge is 0.226 e. The highest BCUT2D eigenvalue weighted by molar-refractivity contribution is 7.13. The van der Waals surface area contributed by atoms with Crippen molar-refractivity contribution < 1.29 is 4.79 Å². The highest BCUT2D eigenvalue weighted by Crippen LogP contribution is 2.19. The van der Waals surface area contributed by atoms with Gasteiger partial charge in [0.1, 0.15) is 5.82 Å². The van der Waals surface area contributed by atoms with E-state index in [1.165, 1.54) is 11.3 Å². The second-order valence-corrected chi connectivity index (χ2v) is 6.89. The lowest BCUT2D eigenvalue weighted by molar-refractivity contribution is -0.116. The molecule has 0 spiro atoms. The molecule has 3 N–H and O–H groups in total. The van der Waals surface area contributed by atoms with Gasteiger partial charge in [-0.05, 0) is 25.1 Å². The molecular formula is C17H27Cl3N6OS. The van der Waals surface area contributed by atoms with Crippen LogP contribution in [0.5, 0.6) is 0 Å². The van der Waals surface area contributed by atoms with Crippen LogP contribution in [0.15, 0.2) is 29.8 Å². The lowest BCUT2D eigenvalue weighted by Gasteiger charge is -2.35. The summed E-state index contributed by atoms with van der Waals surface area (Å²) >= 11 is 1.48. The Bertz CT molecular complexity index is 683. The van der Waals surface area contributed by atoms with Gasteiger partial charge in [0.25, 0.3) is 0 Å². The van der Waals surface area contributed by atoms with Gasteiger partial charge in [-0.25, -0.2) is 9.97 Å². The van der Waals surface area contributed by atoms with Gasteiger partial charge in [0.2, 0.25) is 5.91 Å². The van der Waals surface area contributed by atoms with Crippen molar-refractivity contribution in [2.45, 2.75) is 19.4 Å². The molecule has 2 aromatic heterocycles. The summed E-state index contributed by atoms with van der Waals surface area (Å²) in [6.07, 6.45) is 2.98. The molecule has 1 amide bonds. The number of pyridine rings is 1. The molecule has 0 aromatic carbocycles. The number of rotatable bonds is 7. The minimum Gasteiger partial charge on any atom is -0.354 e. The molecule has 0 atom stereocenters. The molecule has 0 unspecified atom stereocenters. The number of halogens is 3. The van der Waals surface area contributed by atoms with Crippen molar-refractivity contribution in [3.8, 4) is 0 Å². The summed E-state index contributed by atoms with van der Waals surface area (Å²) in [7, 11) is 0. The van der Waals surface area contributed by atoms with E-state index in [9.17, 15) is 4.79 Å². The van der Waals surface area contributed by atoms with Crippen LogP contribution in [0, 0.1) is 0 Å². The van der Waals surface area contributed by atoms with E-state index in [1.807, 2.05) is 23.7 Å². The summed E-state index contributed by atoms with van der Waals surface area (Å²) in [5.74, 6) is 1.02. The van der Waals surface area contributed by atoms with E-state index in [1.54, 1.807) is 0 Å². The summed E-state index contributed by atoms with van der Waals surface area (Å²) < 4.78 is 0. The van der Waals surface area contributed by atoms with Crippen molar-refractivity contribution in [2.24, 2.45) is 5.73 Å². The zero-order valence-electron chi connectivity index (χ0n) is 15.5. The molecule has 2 aromatic rings. The van der Waals surface area contributed by atoms with Crippen LogP contribution in [0.25, 0.3) is 0 Å². The number of thiazole rings is 1. The van der Waals surface area contributed by atoms with Crippen LogP contribution >= 0.6 is 48.6 Å². The normalized spacial score (nSPS) is 13.7. The van der Waals surface area contributed by atoms with E-state index >= 15 is 0 Å². The maximum Gasteiger partial charge on any atom is 0.226 e. The molecule has 0 radical (unpaired) electrons. The first-order valence-corrected chi connectivity index (χ1v) is 9.45. The van der Waals surface area contributed by atoms with Crippen molar-refractivity contribution in [3.05, 3.63) is 35.5 Å². The number of carbonyl (C=O) groups is 1. The predicted molar refractivity (Wildman–Crippen MR) is 123 cm³/mol. The molecule has 0 aliphatic carbocycles. The third kappa shape index (κ3) is 8.06. The Morgan fingerprint density at radius 2 is 1.93 bits per heavy atom. The number of nitrogens with zero attached hydrogens (tertiary/aromatic N) is 4. The average Bonchev–Trinajstić information content (AvgIpc) is 3.08. The summed E-state index contributed by atoms with van der Waals surface area (Å²) in [6.45, 7) is 5.22. The largest absolute Gasteiger partial charge is 0.354 e. The summed E-state index contributed by atoms with van der Waals surface area (Å²) in [5, 5.41) is 5.53. The van der Waals surface area contributed by atoms with Crippen molar-refractivity contribution in [1.29, 1.82) is 0 Å². The first kappa shape index (κ1) is 26.8. The van der Waals surface area contributed by atoms with Gasteiger partial charge in [0.05, 0.1) is 5.69 Å². The molecule has 3 rings (SSSR count). The second-order valence-electron chi connectivity index (χ2n) is 6.04. The molecule has 1 aliphatic rings. The Labute approximate surface area is 188 Å². The van der Waals surface area contributed by atoms with E-state index in [0.717, 1.165) is 44.2 Å². The van der Waals surface area contributed by atoms with Crippen LogP contribution in [0.2, 0.25) is 0 Å². The van der Waals surface area contributed by atoms with Crippen LogP contribution in [-0.2, 0) is 11.3 Å². The quantitative estimate of drug-likeness (QED) is 0.648. The van der Waals surface area contributed by atoms with E-state index in [4.69, 9.17) is 5.73 Å². The van der Waals surface area contributed by atoms with Gasteiger partial charge in [-0.2, -0.15) is 0 Å². The molecule has 7 nitrogen and oxygen atoms in total. The fraction of sp³-hybridized carbons (Fsp3) is 0.471. The van der Waals surface area contributed by atoms with Gasteiger partial charge in [-0.1, -0.05) is 6.07 Å². The number of hydrogen-bond acceptors (Lipinski definition) is 7. The fourth-order valence-corrected chi connectivity index (χ4v) is 3.50. The molecule has 158 valence electrons. The van der Waals surface area contributed by atoms with Crippen LogP contribution in [0.1, 0.15) is 18.5 Å². The van der Waals surface area contributed by atoms with Crippen LogP contribution in [-0.4, -0.2) is 53.5 Å². The van der Waals surface area contributed by atoms with Crippen molar-refractivity contribution >= 4 is 65.4 Å². The fourth-order valence-electron chi connectivity index (χ4n) is 2.79. The lowest BCUT2D eigenvalue weighted by Crippen LogP contribution is -2.46. The Kier molecular flexibility index (Phi) is 13.3. The SMILES string of the molecule is Cl.Cl.Cl.NCCCC(=O)Nc1nc(CN2CCN(c3ccccn3)CC2)cs1. The van der Waals surface area contributed by atoms with E-state index < -0.39 is 0 Å². The Hall–Kier alpha value is -1.16. The third-order valence-electron chi connectivity index (χ3n) is 4.14. The Morgan fingerprint density at radius 1 is 1.18 bits per heavy atom. The number of hydrogen-bond donors (Lipinski definition) is 2. The molecule has 1 aliphatic heterocycles. The first-order chi connectivity index (χ1) is 12.2. The number of amides is 1. The van der Waals surface area contributed by atoms with Crippen LogP contribution in [0.3, 0.4) is 0 Å². The van der Waals surface area contributed by atoms with Crippen LogP contribution in [0.4, 0.5) is 10.9 Å². The van der Waals surface area contributed by atoms with Gasteiger partial charge in [-0.3, -0.25) is 9.69 Å². The topological polar surface area (TPSA) is 87.4 Å². The number of piperazine rings is 1. The molecule has 3 heterocycles. The van der Waals surface area contributed by atoms with Gasteiger partial charge in [0.15, 0.2) is 5.13 Å². The molecule has 1 saturated heterocycles. The minimum absolute atomic E-state index is 0. The standard InChI is InChI=1S/C17H24N6OS.3ClH/c18-6-3-5-16(24)21-17-20-14(13-25-17)12-22-8-10-23(11-9-22)15-4-1-2-7-19-15;;;/h1-2,4,7,13H,3,5-6,8-12,18H2,(H,20,21,24);3*1H. The highest BCUT2D eigenvalue weighted by atomic mass is 35.5. The predicted octanol–water partition coefficient (Wildman–Crippen LogP) is 2.80. The molecule has 0 saturated carbocycles. The maximum absolute atomic E-state index is 11.7. The number of aromatic nitrogens is 2. The van der Waals surface area contributed by atoms with E-state index in [-0.39, 0.29) is 43.1 Å². The average molecular weight is 470 g/mol. The van der Waals surface area contributed by atoms with Crippen molar-refractivity contribution in [1.82, 2.24) is 14.9 Å². The summed E-state index contributed by atoms with van der Waals surface area (Å²) in [4.78, 5) is 25.3. The van der Waals surface area contributed by atoms with E-state index in [2.05, 4.69) is 31.2 Å². The monoisotopic (exact) mass is 468 g/mol. The van der Waals surface area contributed by atoms with Gasteiger partial charge < -0.3 is 16.0 Å². The summed E-state index contributed by atoms with van der Waals surface area (Å²) in [5.41, 5.74) is 6.42. The number of carbonyl (C=O) groups excluding carboxylic acids is 1. The molecule has 28 heavy (non-hydrogen) atoms. The lowest BCUT2D eigenvalue weighted by atomic mass is 10.3. The minimum atomic E-state index is -0.0182. The Balaban J connectivity index is 0.00000243. The molecule has 1 fully saturated rings. The maximum atomic E-state index is 11.7. The molecule has 11 heteroatoms.